The molecule has 0 aliphatic rings. The van der Waals surface area contributed by atoms with Crippen LogP contribution >= 0.6 is 0 Å². The molecule has 142 valence electrons. The van der Waals surface area contributed by atoms with Crippen LogP contribution in [-0.2, 0) is 12.6 Å². The second kappa shape index (κ2) is 6.90. The third-order valence-corrected chi connectivity index (χ3v) is 3.83. The summed E-state index contributed by atoms with van der Waals surface area (Å²) in [6.45, 7) is 1.90. The molecule has 0 atom stereocenters. The fourth-order valence-electron chi connectivity index (χ4n) is 2.50. The fourth-order valence-corrected chi connectivity index (χ4v) is 2.50. The summed E-state index contributed by atoms with van der Waals surface area (Å²) in [5.74, 6) is 0.204. The Kier molecular flexibility index (Phi) is 4.77. The Balaban J connectivity index is 2.04. The van der Waals surface area contributed by atoms with E-state index in [9.17, 15) is 18.0 Å². The van der Waals surface area contributed by atoms with Gasteiger partial charge in [0.05, 0.1) is 0 Å². The third kappa shape index (κ3) is 4.02. The minimum atomic E-state index is -4.64. The van der Waals surface area contributed by atoms with Crippen LogP contribution in [0.5, 0.6) is 11.8 Å². The first-order valence-corrected chi connectivity index (χ1v) is 8.05. The van der Waals surface area contributed by atoms with Crippen molar-refractivity contribution in [3.63, 3.8) is 0 Å². The predicted molar refractivity (Wildman–Crippen MR) is 93.3 cm³/mol. The molecular weight excluding hydrogens is 363 g/mol. The van der Waals surface area contributed by atoms with Crippen molar-refractivity contribution < 1.29 is 22.3 Å². The minimum absolute atomic E-state index is 0.0490. The maximum atomic E-state index is 13.1. The van der Waals surface area contributed by atoms with Crippen LogP contribution in [0.1, 0.15) is 18.2 Å². The Labute approximate surface area is 152 Å². The van der Waals surface area contributed by atoms with Crippen LogP contribution in [0.4, 0.5) is 19.0 Å². The highest BCUT2D eigenvalue weighted by Crippen LogP contribution is 2.32. The second-order valence-corrected chi connectivity index (χ2v) is 5.99. The summed E-state index contributed by atoms with van der Waals surface area (Å²) in [4.78, 5) is 20.5. The molecular formula is C18H16F3N3O3. The number of aromatic nitrogens is 2. The van der Waals surface area contributed by atoms with Gasteiger partial charge in [0.25, 0.3) is 0 Å². The van der Waals surface area contributed by atoms with Crippen molar-refractivity contribution in [1.82, 2.24) is 9.97 Å². The number of hydrogen-bond donors (Lipinski definition) is 0. The highest BCUT2D eigenvalue weighted by Gasteiger charge is 2.34. The number of hydrogen-bond acceptors (Lipinski definition) is 6. The molecule has 2 aromatic heterocycles. The zero-order valence-electron chi connectivity index (χ0n) is 14.8. The highest BCUT2D eigenvalue weighted by molar-refractivity contribution is 5.81. The molecule has 0 spiro atoms. The molecule has 3 rings (SSSR count). The third-order valence-electron chi connectivity index (χ3n) is 3.83. The van der Waals surface area contributed by atoms with Gasteiger partial charge in [-0.15, -0.1) is 0 Å². The monoisotopic (exact) mass is 379 g/mol. The van der Waals surface area contributed by atoms with Crippen molar-refractivity contribution in [3.8, 4) is 11.8 Å². The quantitative estimate of drug-likeness (QED) is 0.638. The number of rotatable bonds is 4. The number of benzene rings is 1. The van der Waals surface area contributed by atoms with Gasteiger partial charge in [-0.25, -0.2) is 4.79 Å². The van der Waals surface area contributed by atoms with Crippen LogP contribution in [0, 0.1) is 0 Å². The number of alkyl halides is 3. The topological polar surface area (TPSA) is 68.5 Å². The largest absolute Gasteiger partial charge is 0.433 e. The van der Waals surface area contributed by atoms with E-state index in [1.54, 1.807) is 26.2 Å². The number of ether oxygens (including phenoxy) is 1. The molecule has 27 heavy (non-hydrogen) atoms. The van der Waals surface area contributed by atoms with E-state index in [-0.39, 0.29) is 17.2 Å². The lowest BCUT2D eigenvalue weighted by atomic mass is 10.1. The average molecular weight is 379 g/mol. The summed E-state index contributed by atoms with van der Waals surface area (Å²) in [5, 5.41) is 0.725. The maximum Gasteiger partial charge on any atom is 0.433 e. The normalized spacial score (nSPS) is 11.6. The molecule has 0 radical (unpaired) electrons. The molecule has 3 aromatic rings. The first-order valence-electron chi connectivity index (χ1n) is 8.05. The van der Waals surface area contributed by atoms with Crippen molar-refractivity contribution in [2.24, 2.45) is 0 Å². The minimum Gasteiger partial charge on any atom is -0.424 e. The summed E-state index contributed by atoms with van der Waals surface area (Å²) in [7, 11) is 3.12. The smallest absolute Gasteiger partial charge is 0.424 e. The molecule has 0 aliphatic carbocycles. The molecule has 0 saturated carbocycles. The van der Waals surface area contributed by atoms with Crippen molar-refractivity contribution in [2.75, 3.05) is 19.0 Å². The first kappa shape index (κ1) is 18.7. The van der Waals surface area contributed by atoms with Gasteiger partial charge in [-0.3, -0.25) is 0 Å². The molecule has 6 nitrogen and oxygen atoms in total. The summed E-state index contributed by atoms with van der Waals surface area (Å²) in [6.07, 6.45) is -4.01. The SMILES string of the molecule is CCc1cc(=O)oc2cc(Oc3nc(N(C)C)cc(C(F)(F)F)n3)ccc12. The van der Waals surface area contributed by atoms with Gasteiger partial charge in [-0.05, 0) is 24.1 Å². The van der Waals surface area contributed by atoms with Crippen LogP contribution in [0.25, 0.3) is 11.0 Å². The highest BCUT2D eigenvalue weighted by atomic mass is 19.4. The van der Waals surface area contributed by atoms with E-state index in [0.717, 1.165) is 17.0 Å². The van der Waals surface area contributed by atoms with E-state index in [0.29, 0.717) is 6.42 Å². The van der Waals surface area contributed by atoms with Crippen molar-refractivity contribution >= 4 is 16.8 Å². The zero-order valence-corrected chi connectivity index (χ0v) is 14.8. The zero-order chi connectivity index (χ0) is 19.8. The van der Waals surface area contributed by atoms with E-state index < -0.39 is 23.5 Å². The van der Waals surface area contributed by atoms with Gasteiger partial charge in [-0.1, -0.05) is 6.92 Å². The number of fused-ring (bicyclic) bond motifs is 1. The molecule has 1 aromatic carbocycles. The number of aryl methyl sites for hydroxylation is 1. The Bertz CT molecular complexity index is 1050. The average Bonchev–Trinajstić information content (AvgIpc) is 2.59. The molecule has 0 N–H and O–H groups in total. The van der Waals surface area contributed by atoms with E-state index >= 15 is 0 Å². The Morgan fingerprint density at radius 1 is 1.15 bits per heavy atom. The van der Waals surface area contributed by atoms with Crippen LogP contribution < -0.4 is 15.3 Å². The predicted octanol–water partition coefficient (Wildman–Crippen LogP) is 4.02. The lowest BCUT2D eigenvalue weighted by Gasteiger charge is -2.15. The van der Waals surface area contributed by atoms with Crippen LogP contribution in [-0.4, -0.2) is 24.1 Å². The Hall–Kier alpha value is -3.10. The van der Waals surface area contributed by atoms with Gasteiger partial charge in [0.1, 0.15) is 17.2 Å². The standard InChI is InChI=1S/C18H16F3N3O3/c1-4-10-7-16(25)27-13-8-11(5-6-12(10)13)26-17-22-14(18(19,20)21)9-15(23-17)24(2)3/h5-9H,4H2,1-3H3. The number of anilines is 1. The van der Waals surface area contributed by atoms with Crippen LogP contribution in [0.2, 0.25) is 0 Å². The lowest BCUT2D eigenvalue weighted by molar-refractivity contribution is -0.141. The molecule has 0 bridgehead atoms. The van der Waals surface area contributed by atoms with Crippen LogP contribution in [0.3, 0.4) is 0 Å². The molecule has 0 fully saturated rings. The van der Waals surface area contributed by atoms with E-state index in [1.807, 2.05) is 6.92 Å². The molecule has 9 heteroatoms. The summed E-state index contributed by atoms with van der Waals surface area (Å²) < 4.78 is 49.8. The summed E-state index contributed by atoms with van der Waals surface area (Å²) >= 11 is 0. The van der Waals surface area contributed by atoms with E-state index in [2.05, 4.69) is 9.97 Å². The van der Waals surface area contributed by atoms with Gasteiger partial charge in [0, 0.05) is 37.7 Å². The lowest BCUT2D eigenvalue weighted by Crippen LogP contribution is -2.16. The van der Waals surface area contributed by atoms with E-state index in [1.165, 1.54) is 17.0 Å². The molecule has 0 saturated heterocycles. The van der Waals surface area contributed by atoms with E-state index in [4.69, 9.17) is 9.15 Å². The molecule has 0 amide bonds. The van der Waals surface area contributed by atoms with Gasteiger partial charge < -0.3 is 14.1 Å². The van der Waals surface area contributed by atoms with Gasteiger partial charge in [0.15, 0.2) is 5.69 Å². The summed E-state index contributed by atoms with van der Waals surface area (Å²) in [6, 6.07) is 6.44. The second-order valence-electron chi connectivity index (χ2n) is 5.99. The van der Waals surface area contributed by atoms with Gasteiger partial charge in [-0.2, -0.15) is 23.1 Å². The summed E-state index contributed by atoms with van der Waals surface area (Å²) in [5.41, 5.74) is -0.548. The Morgan fingerprint density at radius 3 is 2.52 bits per heavy atom. The first-order chi connectivity index (χ1) is 12.7. The molecule has 0 aliphatic heterocycles. The van der Waals surface area contributed by atoms with Crippen molar-refractivity contribution in [3.05, 3.63) is 52.0 Å². The van der Waals surface area contributed by atoms with Crippen molar-refractivity contribution in [2.45, 2.75) is 19.5 Å². The molecule has 2 heterocycles. The van der Waals surface area contributed by atoms with Crippen LogP contribution in [0.15, 0.2) is 39.5 Å². The maximum absolute atomic E-state index is 13.1. The van der Waals surface area contributed by atoms with Gasteiger partial charge >= 0.3 is 17.8 Å². The molecule has 0 unspecified atom stereocenters. The number of halogens is 3. The fraction of sp³-hybridized carbons (Fsp3) is 0.278. The number of nitrogens with zero attached hydrogens (tertiary/aromatic N) is 3. The van der Waals surface area contributed by atoms with Crippen molar-refractivity contribution in [1.29, 1.82) is 0 Å². The van der Waals surface area contributed by atoms with Gasteiger partial charge in [0.2, 0.25) is 0 Å². The Morgan fingerprint density at radius 2 is 1.89 bits per heavy atom.